The highest BCUT2D eigenvalue weighted by atomic mass is 16.5. The lowest BCUT2D eigenvalue weighted by Crippen LogP contribution is -2.47. The van der Waals surface area contributed by atoms with Crippen LogP contribution in [-0.4, -0.2) is 28.2 Å². The molecule has 0 fully saturated rings. The first-order chi connectivity index (χ1) is 11.1. The maximum atomic E-state index is 12.9. The van der Waals surface area contributed by atoms with Crippen LogP contribution in [-0.2, 0) is 19.8 Å². The third-order valence-electron chi connectivity index (χ3n) is 4.76. The standard InChI is InChI=1S/C18H16O6/c1-7-5-10-16(14(9(3)20)15(7)22)24-12-6-11(21)13(8(2)19)17(23)18(10,12)4/h5-6,13,22H,1-4H3. The SMILES string of the molecule is CC(=O)c1c(O)c(C)cc2c1OC1=CC(=O)C(C(C)=O)C(=O)C12C. The summed E-state index contributed by atoms with van der Waals surface area (Å²) in [6.45, 7) is 5.65. The average Bonchev–Trinajstić information content (AvgIpc) is 2.73. The van der Waals surface area contributed by atoms with E-state index in [1.807, 2.05) is 0 Å². The van der Waals surface area contributed by atoms with Crippen LogP contribution in [0, 0.1) is 12.8 Å². The number of phenols is 1. The number of allylic oxidation sites excluding steroid dienone is 2. The number of aromatic hydroxyl groups is 1. The summed E-state index contributed by atoms with van der Waals surface area (Å²) in [5, 5.41) is 10.2. The predicted molar refractivity (Wildman–Crippen MR) is 83.1 cm³/mol. The second-order valence-corrected chi connectivity index (χ2v) is 6.40. The highest BCUT2D eigenvalue weighted by molar-refractivity contribution is 6.27. The molecule has 124 valence electrons. The van der Waals surface area contributed by atoms with Gasteiger partial charge < -0.3 is 9.84 Å². The van der Waals surface area contributed by atoms with Crippen LogP contribution in [0.25, 0.3) is 0 Å². The Hall–Kier alpha value is -2.76. The molecule has 0 saturated carbocycles. The number of hydrogen-bond donors (Lipinski definition) is 1. The summed E-state index contributed by atoms with van der Waals surface area (Å²) in [4.78, 5) is 48.7. The van der Waals surface area contributed by atoms with Crippen LogP contribution in [0.1, 0.15) is 42.3 Å². The number of rotatable bonds is 2. The molecule has 1 heterocycles. The van der Waals surface area contributed by atoms with E-state index in [-0.39, 0.29) is 22.8 Å². The van der Waals surface area contributed by atoms with Crippen LogP contribution in [0.5, 0.6) is 11.5 Å². The quantitative estimate of drug-likeness (QED) is 0.656. The summed E-state index contributed by atoms with van der Waals surface area (Å²) in [6.07, 6.45) is 1.14. The van der Waals surface area contributed by atoms with Gasteiger partial charge in [0, 0.05) is 11.6 Å². The molecule has 6 nitrogen and oxygen atoms in total. The van der Waals surface area contributed by atoms with Gasteiger partial charge in [-0.25, -0.2) is 0 Å². The van der Waals surface area contributed by atoms with Crippen molar-refractivity contribution < 1.29 is 29.0 Å². The largest absolute Gasteiger partial charge is 0.507 e. The van der Waals surface area contributed by atoms with E-state index >= 15 is 0 Å². The summed E-state index contributed by atoms with van der Waals surface area (Å²) in [5.74, 6) is -3.58. The van der Waals surface area contributed by atoms with Crippen molar-refractivity contribution in [3.63, 3.8) is 0 Å². The maximum absolute atomic E-state index is 12.9. The van der Waals surface area contributed by atoms with Gasteiger partial charge in [-0.1, -0.05) is 0 Å². The number of Topliss-reactive ketones (excluding diaryl/α,β-unsaturated/α-hetero) is 3. The van der Waals surface area contributed by atoms with Gasteiger partial charge in [0.1, 0.15) is 39.9 Å². The van der Waals surface area contributed by atoms with E-state index in [9.17, 15) is 24.3 Å². The molecule has 0 spiro atoms. The zero-order valence-corrected chi connectivity index (χ0v) is 13.7. The molecule has 1 aromatic rings. The van der Waals surface area contributed by atoms with E-state index in [2.05, 4.69) is 0 Å². The van der Waals surface area contributed by atoms with Crippen molar-refractivity contribution in [2.75, 3.05) is 0 Å². The zero-order chi connectivity index (χ0) is 18.0. The molecular weight excluding hydrogens is 312 g/mol. The number of fused-ring (bicyclic) bond motifs is 3. The Morgan fingerprint density at radius 3 is 2.42 bits per heavy atom. The number of aryl methyl sites for hydroxylation is 1. The molecule has 2 atom stereocenters. The van der Waals surface area contributed by atoms with E-state index in [0.29, 0.717) is 11.1 Å². The minimum absolute atomic E-state index is 0.0267. The number of carbonyl (C=O) groups excluding carboxylic acids is 4. The molecule has 24 heavy (non-hydrogen) atoms. The Balaban J connectivity index is 2.34. The Kier molecular flexibility index (Phi) is 3.27. The third-order valence-corrected chi connectivity index (χ3v) is 4.76. The summed E-state index contributed by atoms with van der Waals surface area (Å²) >= 11 is 0. The average molecular weight is 328 g/mol. The van der Waals surface area contributed by atoms with Crippen molar-refractivity contribution in [1.29, 1.82) is 0 Å². The van der Waals surface area contributed by atoms with Gasteiger partial charge in [0.05, 0.1) is 0 Å². The van der Waals surface area contributed by atoms with Gasteiger partial charge in [0.2, 0.25) is 0 Å². The number of ketones is 4. The van der Waals surface area contributed by atoms with Crippen LogP contribution in [0.4, 0.5) is 0 Å². The van der Waals surface area contributed by atoms with Gasteiger partial charge in [0.15, 0.2) is 17.3 Å². The number of phenolic OH excluding ortho intramolecular Hbond substituents is 1. The normalized spacial score (nSPS) is 24.8. The number of benzene rings is 1. The van der Waals surface area contributed by atoms with Crippen molar-refractivity contribution in [2.45, 2.75) is 33.1 Å². The van der Waals surface area contributed by atoms with Crippen molar-refractivity contribution >= 4 is 23.1 Å². The molecule has 0 bridgehead atoms. The molecule has 1 aliphatic carbocycles. The first-order valence-corrected chi connectivity index (χ1v) is 7.47. The predicted octanol–water partition coefficient (Wildman–Crippen LogP) is 1.79. The van der Waals surface area contributed by atoms with Crippen molar-refractivity contribution in [3.8, 4) is 11.5 Å². The third kappa shape index (κ3) is 1.82. The van der Waals surface area contributed by atoms with Crippen LogP contribution in [0.15, 0.2) is 17.9 Å². The fourth-order valence-corrected chi connectivity index (χ4v) is 3.38. The Labute approximate surface area is 138 Å². The summed E-state index contributed by atoms with van der Waals surface area (Å²) in [5.41, 5.74) is -0.560. The van der Waals surface area contributed by atoms with Crippen LogP contribution in [0.3, 0.4) is 0 Å². The molecule has 0 amide bonds. The topological polar surface area (TPSA) is 97.7 Å². The van der Waals surface area contributed by atoms with Crippen molar-refractivity contribution in [2.24, 2.45) is 5.92 Å². The van der Waals surface area contributed by atoms with E-state index in [1.54, 1.807) is 19.9 Å². The lowest BCUT2D eigenvalue weighted by molar-refractivity contribution is -0.140. The zero-order valence-electron chi connectivity index (χ0n) is 13.7. The highest BCUT2D eigenvalue weighted by Crippen LogP contribution is 2.53. The van der Waals surface area contributed by atoms with Crippen LogP contribution >= 0.6 is 0 Å². The summed E-state index contributed by atoms with van der Waals surface area (Å²) < 4.78 is 5.64. The molecule has 2 unspecified atom stereocenters. The van der Waals surface area contributed by atoms with Gasteiger partial charge in [0.25, 0.3) is 0 Å². The molecule has 0 aromatic heterocycles. The van der Waals surface area contributed by atoms with Gasteiger partial charge in [-0.3, -0.25) is 19.2 Å². The molecule has 0 saturated heterocycles. The fraction of sp³-hybridized carbons (Fsp3) is 0.333. The molecule has 1 N–H and O–H groups in total. The molecule has 2 aliphatic rings. The Morgan fingerprint density at radius 1 is 1.25 bits per heavy atom. The van der Waals surface area contributed by atoms with Crippen LogP contribution < -0.4 is 4.74 Å². The highest BCUT2D eigenvalue weighted by Gasteiger charge is 2.56. The van der Waals surface area contributed by atoms with E-state index < -0.39 is 34.5 Å². The van der Waals surface area contributed by atoms with Gasteiger partial charge in [-0.15, -0.1) is 0 Å². The fourth-order valence-electron chi connectivity index (χ4n) is 3.38. The van der Waals surface area contributed by atoms with Crippen molar-refractivity contribution in [1.82, 2.24) is 0 Å². The number of carbonyl (C=O) groups is 4. The molecule has 1 aliphatic heterocycles. The first kappa shape index (κ1) is 16.1. The van der Waals surface area contributed by atoms with Gasteiger partial charge >= 0.3 is 0 Å². The van der Waals surface area contributed by atoms with Crippen LogP contribution in [0.2, 0.25) is 0 Å². The maximum Gasteiger partial charge on any atom is 0.177 e. The molecule has 1 aromatic carbocycles. The molecular formula is C18H16O6. The van der Waals surface area contributed by atoms with Crippen molar-refractivity contribution in [3.05, 3.63) is 34.6 Å². The second-order valence-electron chi connectivity index (χ2n) is 6.40. The van der Waals surface area contributed by atoms with E-state index in [1.165, 1.54) is 13.8 Å². The van der Waals surface area contributed by atoms with E-state index in [0.717, 1.165) is 6.08 Å². The monoisotopic (exact) mass is 328 g/mol. The number of ether oxygens (including phenoxy) is 1. The van der Waals surface area contributed by atoms with Gasteiger partial charge in [-0.2, -0.15) is 0 Å². The molecule has 6 heteroatoms. The summed E-state index contributed by atoms with van der Waals surface area (Å²) in [6, 6.07) is 1.56. The Morgan fingerprint density at radius 2 is 1.88 bits per heavy atom. The smallest absolute Gasteiger partial charge is 0.177 e. The minimum atomic E-state index is -1.37. The van der Waals surface area contributed by atoms with Gasteiger partial charge in [-0.05, 0) is 39.3 Å². The number of hydrogen-bond acceptors (Lipinski definition) is 6. The van der Waals surface area contributed by atoms with E-state index in [4.69, 9.17) is 4.74 Å². The minimum Gasteiger partial charge on any atom is -0.507 e. The second kappa shape index (κ2) is 4.87. The molecule has 0 radical (unpaired) electrons. The first-order valence-electron chi connectivity index (χ1n) is 7.47. The lowest BCUT2D eigenvalue weighted by atomic mass is 9.68. The lowest BCUT2D eigenvalue weighted by Gasteiger charge is -2.29. The Bertz CT molecular complexity index is 876. The summed E-state index contributed by atoms with van der Waals surface area (Å²) in [7, 11) is 0. The molecule has 3 rings (SSSR count).